The van der Waals surface area contributed by atoms with Gasteiger partial charge in [0.05, 0.1) is 11.9 Å². The van der Waals surface area contributed by atoms with Gasteiger partial charge in [-0.1, -0.05) is 0 Å². The highest BCUT2D eigenvalue weighted by Gasteiger charge is 2.39. The molecule has 1 unspecified atom stereocenters. The Morgan fingerprint density at radius 3 is 2.58 bits per heavy atom. The van der Waals surface area contributed by atoms with Crippen molar-refractivity contribution in [2.45, 2.75) is 31.7 Å². The Morgan fingerprint density at radius 2 is 2.25 bits per heavy atom. The smallest absolute Gasteiger partial charge is 0.411 e. The van der Waals surface area contributed by atoms with Crippen LogP contribution in [0.4, 0.5) is 4.79 Å². The van der Waals surface area contributed by atoms with E-state index in [1.165, 1.54) is 0 Å². The summed E-state index contributed by atoms with van der Waals surface area (Å²) in [5, 5.41) is 0.208. The molecule has 1 aliphatic rings. The van der Waals surface area contributed by atoms with Crippen molar-refractivity contribution in [3.05, 3.63) is 0 Å². The highest BCUT2D eigenvalue weighted by molar-refractivity contribution is 7.99. The van der Waals surface area contributed by atoms with E-state index in [0.29, 0.717) is 6.54 Å². The van der Waals surface area contributed by atoms with Gasteiger partial charge in [-0.3, -0.25) is 4.90 Å². The van der Waals surface area contributed by atoms with Crippen LogP contribution in [-0.4, -0.2) is 34.8 Å². The van der Waals surface area contributed by atoms with Gasteiger partial charge in [0.25, 0.3) is 0 Å². The van der Waals surface area contributed by atoms with Gasteiger partial charge in [0.1, 0.15) is 5.60 Å². The van der Waals surface area contributed by atoms with E-state index in [0.717, 1.165) is 0 Å². The SMILES string of the molecule is CSC(C)N1CC(C)(C)OC1=O. The molecule has 0 aromatic heterocycles. The quantitative estimate of drug-likeness (QED) is 0.664. The highest BCUT2D eigenvalue weighted by Crippen LogP contribution is 2.26. The standard InChI is InChI=1S/C8H15NO2S/c1-6(12-4)9-5-8(2,3)11-7(9)10/h6H,5H2,1-4H3. The van der Waals surface area contributed by atoms with Crippen LogP contribution in [-0.2, 0) is 4.74 Å². The van der Waals surface area contributed by atoms with Crippen molar-refractivity contribution < 1.29 is 9.53 Å². The minimum Gasteiger partial charge on any atom is -0.441 e. The van der Waals surface area contributed by atoms with Crippen molar-refractivity contribution in [2.24, 2.45) is 0 Å². The Bertz CT molecular complexity index is 193. The summed E-state index contributed by atoms with van der Waals surface area (Å²) in [6.07, 6.45) is 1.80. The molecule has 3 nitrogen and oxygen atoms in total. The lowest BCUT2D eigenvalue weighted by Gasteiger charge is -2.20. The van der Waals surface area contributed by atoms with E-state index < -0.39 is 0 Å². The minimum atomic E-state index is -0.318. The largest absolute Gasteiger partial charge is 0.441 e. The first-order valence-corrected chi connectivity index (χ1v) is 5.27. The van der Waals surface area contributed by atoms with Crippen LogP contribution >= 0.6 is 11.8 Å². The summed E-state index contributed by atoms with van der Waals surface area (Å²) < 4.78 is 5.16. The predicted molar refractivity (Wildman–Crippen MR) is 50.2 cm³/mol. The molecule has 1 heterocycles. The van der Waals surface area contributed by atoms with Crippen LogP contribution in [0, 0.1) is 0 Å². The van der Waals surface area contributed by atoms with Crippen LogP contribution in [0.3, 0.4) is 0 Å². The molecule has 70 valence electrons. The minimum absolute atomic E-state index is 0.193. The second kappa shape index (κ2) is 3.17. The molecule has 1 rings (SSSR count). The molecule has 0 aliphatic carbocycles. The first kappa shape index (κ1) is 9.71. The molecule has 1 aliphatic heterocycles. The van der Waals surface area contributed by atoms with Crippen molar-refractivity contribution in [1.82, 2.24) is 4.90 Å². The summed E-state index contributed by atoms with van der Waals surface area (Å²) in [5.74, 6) is 0. The molecule has 0 aromatic carbocycles. The van der Waals surface area contributed by atoms with E-state index in [4.69, 9.17) is 4.74 Å². The van der Waals surface area contributed by atoms with E-state index >= 15 is 0 Å². The molecule has 0 aromatic rings. The van der Waals surface area contributed by atoms with E-state index in [2.05, 4.69) is 0 Å². The van der Waals surface area contributed by atoms with Gasteiger partial charge in [0.2, 0.25) is 0 Å². The third-order valence-electron chi connectivity index (χ3n) is 1.93. The summed E-state index contributed by atoms with van der Waals surface area (Å²) in [6, 6.07) is 0. The lowest BCUT2D eigenvalue weighted by molar-refractivity contribution is 0.0858. The molecule has 1 fully saturated rings. The van der Waals surface area contributed by atoms with Gasteiger partial charge in [-0.25, -0.2) is 4.79 Å². The second-order valence-electron chi connectivity index (χ2n) is 3.59. The zero-order valence-corrected chi connectivity index (χ0v) is 8.77. The van der Waals surface area contributed by atoms with Crippen LogP contribution in [0.25, 0.3) is 0 Å². The number of rotatable bonds is 2. The molecule has 1 saturated heterocycles. The second-order valence-corrected chi connectivity index (χ2v) is 4.74. The van der Waals surface area contributed by atoms with Crippen LogP contribution in [0.5, 0.6) is 0 Å². The molecule has 0 saturated carbocycles. The molecule has 4 heteroatoms. The van der Waals surface area contributed by atoms with Gasteiger partial charge in [0.15, 0.2) is 0 Å². The van der Waals surface area contributed by atoms with E-state index in [-0.39, 0.29) is 17.1 Å². The zero-order valence-electron chi connectivity index (χ0n) is 7.96. The summed E-state index contributed by atoms with van der Waals surface area (Å²) >= 11 is 1.65. The lowest BCUT2D eigenvalue weighted by Crippen LogP contribution is -2.33. The molecule has 0 spiro atoms. The molecule has 0 bridgehead atoms. The van der Waals surface area contributed by atoms with Gasteiger partial charge in [-0.15, -0.1) is 11.8 Å². The number of hydrogen-bond acceptors (Lipinski definition) is 3. The van der Waals surface area contributed by atoms with E-state index in [1.807, 2.05) is 27.0 Å². The Kier molecular flexibility index (Phi) is 2.56. The normalized spacial score (nSPS) is 24.0. The molecule has 12 heavy (non-hydrogen) atoms. The number of nitrogens with zero attached hydrogens (tertiary/aromatic N) is 1. The summed E-state index contributed by atoms with van der Waals surface area (Å²) in [4.78, 5) is 13.0. The fourth-order valence-corrected chi connectivity index (χ4v) is 1.62. The molecule has 0 N–H and O–H groups in total. The van der Waals surface area contributed by atoms with Gasteiger partial charge >= 0.3 is 6.09 Å². The third kappa shape index (κ3) is 1.86. The molecule has 1 atom stereocenters. The molecular weight excluding hydrogens is 174 g/mol. The molecule has 1 amide bonds. The number of cyclic esters (lactones) is 1. The van der Waals surface area contributed by atoms with Crippen molar-refractivity contribution >= 4 is 17.9 Å². The summed E-state index contributed by atoms with van der Waals surface area (Å²) in [5.41, 5.74) is -0.318. The first-order chi connectivity index (χ1) is 5.46. The average Bonchev–Trinajstić information content (AvgIpc) is 2.23. The van der Waals surface area contributed by atoms with Crippen molar-refractivity contribution in [2.75, 3.05) is 12.8 Å². The van der Waals surface area contributed by atoms with Gasteiger partial charge in [0, 0.05) is 0 Å². The maximum atomic E-state index is 11.3. The maximum absolute atomic E-state index is 11.3. The fraction of sp³-hybridized carbons (Fsp3) is 0.875. The summed E-state index contributed by atoms with van der Waals surface area (Å²) in [7, 11) is 0. The Labute approximate surface area is 77.4 Å². The monoisotopic (exact) mass is 189 g/mol. The Balaban J connectivity index is 2.64. The number of ether oxygens (including phenoxy) is 1. The molecular formula is C8H15NO2S. The highest BCUT2D eigenvalue weighted by atomic mass is 32.2. The van der Waals surface area contributed by atoms with E-state index in [1.54, 1.807) is 16.7 Å². The van der Waals surface area contributed by atoms with Crippen molar-refractivity contribution in [3.63, 3.8) is 0 Å². The number of thioether (sulfide) groups is 1. The van der Waals surface area contributed by atoms with Crippen molar-refractivity contribution in [1.29, 1.82) is 0 Å². The Morgan fingerprint density at radius 1 is 1.67 bits per heavy atom. The Hall–Kier alpha value is -0.380. The molecule has 0 radical (unpaired) electrons. The van der Waals surface area contributed by atoms with Gasteiger partial charge in [-0.05, 0) is 27.0 Å². The van der Waals surface area contributed by atoms with Crippen LogP contribution < -0.4 is 0 Å². The van der Waals surface area contributed by atoms with Crippen LogP contribution in [0.1, 0.15) is 20.8 Å². The lowest BCUT2D eigenvalue weighted by atomic mass is 10.1. The number of amides is 1. The maximum Gasteiger partial charge on any atom is 0.411 e. The third-order valence-corrected chi connectivity index (χ3v) is 2.87. The zero-order chi connectivity index (χ0) is 9.35. The number of carbonyl (C=O) groups excluding carboxylic acids is 1. The van der Waals surface area contributed by atoms with Crippen molar-refractivity contribution in [3.8, 4) is 0 Å². The van der Waals surface area contributed by atoms with E-state index in [9.17, 15) is 4.79 Å². The van der Waals surface area contributed by atoms with Crippen LogP contribution in [0.2, 0.25) is 0 Å². The van der Waals surface area contributed by atoms with Gasteiger partial charge < -0.3 is 4.74 Å². The first-order valence-electron chi connectivity index (χ1n) is 3.99. The summed E-state index contributed by atoms with van der Waals surface area (Å²) in [6.45, 7) is 6.55. The average molecular weight is 189 g/mol. The fourth-order valence-electron chi connectivity index (χ4n) is 1.21. The number of hydrogen-bond donors (Lipinski definition) is 0. The number of carbonyl (C=O) groups is 1. The van der Waals surface area contributed by atoms with Gasteiger partial charge in [-0.2, -0.15) is 0 Å². The topological polar surface area (TPSA) is 29.5 Å². The van der Waals surface area contributed by atoms with Crippen LogP contribution in [0.15, 0.2) is 0 Å². The predicted octanol–water partition coefficient (Wildman–Crippen LogP) is 1.93.